The van der Waals surface area contributed by atoms with E-state index in [1.807, 2.05) is 0 Å². The van der Waals surface area contributed by atoms with Gasteiger partial charge in [0.2, 0.25) is 0 Å². The van der Waals surface area contributed by atoms with Gasteiger partial charge in [0.05, 0.1) is 19.3 Å². The average Bonchev–Trinajstić information content (AvgIpc) is 2.96. The van der Waals surface area contributed by atoms with E-state index >= 15 is 0 Å². The summed E-state index contributed by atoms with van der Waals surface area (Å²) in [5, 5.41) is 0. The molecule has 0 aromatic carbocycles. The number of anilines is 2. The summed E-state index contributed by atoms with van der Waals surface area (Å²) in [7, 11) is 6.06. The fraction of sp³-hybridized carbons (Fsp3) is 0.750. The number of likely N-dealkylation sites (N-methyl/N-ethyl adjacent to an activating group) is 2. The zero-order valence-electron chi connectivity index (χ0n) is 14.3. The van der Waals surface area contributed by atoms with Crippen LogP contribution in [0.1, 0.15) is 6.42 Å². The Balaban J connectivity index is 1.64. The Morgan fingerprint density at radius 1 is 1.35 bits per heavy atom. The average molecular weight is 321 g/mol. The molecule has 3 rings (SSSR count). The van der Waals surface area contributed by atoms with E-state index in [9.17, 15) is 0 Å². The maximum atomic E-state index is 5.49. The van der Waals surface area contributed by atoms with Crippen molar-refractivity contribution in [2.45, 2.75) is 18.6 Å². The van der Waals surface area contributed by atoms with Crippen LogP contribution in [0.25, 0.3) is 0 Å². The molecule has 0 N–H and O–H groups in total. The first-order valence-electron chi connectivity index (χ1n) is 8.26. The van der Waals surface area contributed by atoms with Crippen LogP contribution in [-0.2, 0) is 9.47 Å². The molecule has 0 radical (unpaired) electrons. The van der Waals surface area contributed by atoms with E-state index < -0.39 is 0 Å². The zero-order valence-corrected chi connectivity index (χ0v) is 14.3. The summed E-state index contributed by atoms with van der Waals surface area (Å²) in [5.74, 6) is 1.95. The normalized spacial score (nSPS) is 25.8. The third-order valence-electron chi connectivity index (χ3n) is 4.83. The molecule has 2 aliphatic heterocycles. The second-order valence-electron chi connectivity index (χ2n) is 6.40. The van der Waals surface area contributed by atoms with Crippen LogP contribution in [0, 0.1) is 0 Å². The van der Waals surface area contributed by atoms with Crippen LogP contribution < -0.4 is 9.80 Å². The Hall–Kier alpha value is -1.44. The van der Waals surface area contributed by atoms with E-state index in [-0.39, 0.29) is 0 Å². The maximum Gasteiger partial charge on any atom is 0.134 e. The summed E-state index contributed by atoms with van der Waals surface area (Å²) >= 11 is 0. The van der Waals surface area contributed by atoms with Crippen LogP contribution in [0.5, 0.6) is 0 Å². The van der Waals surface area contributed by atoms with Gasteiger partial charge in [-0.2, -0.15) is 0 Å². The molecule has 0 amide bonds. The van der Waals surface area contributed by atoms with Gasteiger partial charge in [-0.25, -0.2) is 9.97 Å². The largest absolute Gasteiger partial charge is 0.380 e. The number of likely N-dealkylation sites (tertiary alicyclic amines) is 1. The van der Waals surface area contributed by atoms with Gasteiger partial charge in [0, 0.05) is 52.4 Å². The lowest BCUT2D eigenvalue weighted by molar-refractivity contribution is 0.111. The molecule has 0 bridgehead atoms. The van der Waals surface area contributed by atoms with Crippen LogP contribution >= 0.6 is 0 Å². The van der Waals surface area contributed by atoms with Gasteiger partial charge in [0.15, 0.2) is 0 Å². The van der Waals surface area contributed by atoms with Gasteiger partial charge in [-0.05, 0) is 13.5 Å². The van der Waals surface area contributed by atoms with E-state index in [2.05, 4.69) is 44.8 Å². The molecule has 0 aliphatic carbocycles. The van der Waals surface area contributed by atoms with Gasteiger partial charge in [0.25, 0.3) is 0 Å². The molecule has 23 heavy (non-hydrogen) atoms. The highest BCUT2D eigenvalue weighted by Gasteiger charge is 2.30. The molecule has 0 spiro atoms. The molecule has 1 aromatic rings. The first-order chi connectivity index (χ1) is 11.2. The van der Waals surface area contributed by atoms with Crippen molar-refractivity contribution in [2.75, 3.05) is 70.4 Å². The SMILES string of the molecule is CO[C@H]1C[C@@H](CN(C)c2cc(N3CCOCC3)ncn2)N(C)C1. The molecule has 0 unspecified atom stereocenters. The fourth-order valence-corrected chi connectivity index (χ4v) is 3.33. The molecular weight excluding hydrogens is 294 g/mol. The van der Waals surface area contributed by atoms with E-state index in [0.717, 1.165) is 57.4 Å². The van der Waals surface area contributed by atoms with Crippen molar-refractivity contribution in [1.29, 1.82) is 0 Å². The number of aromatic nitrogens is 2. The number of ether oxygens (including phenoxy) is 2. The van der Waals surface area contributed by atoms with Crippen molar-refractivity contribution in [1.82, 2.24) is 14.9 Å². The van der Waals surface area contributed by atoms with E-state index in [4.69, 9.17) is 9.47 Å². The lowest BCUT2D eigenvalue weighted by Gasteiger charge is -2.29. The predicted molar refractivity (Wildman–Crippen MR) is 90.2 cm³/mol. The lowest BCUT2D eigenvalue weighted by Crippen LogP contribution is -2.38. The molecule has 1 aromatic heterocycles. The van der Waals surface area contributed by atoms with Gasteiger partial charge in [-0.15, -0.1) is 0 Å². The highest BCUT2D eigenvalue weighted by molar-refractivity contribution is 5.50. The van der Waals surface area contributed by atoms with Crippen molar-refractivity contribution in [3.63, 3.8) is 0 Å². The number of hydrogen-bond donors (Lipinski definition) is 0. The quantitative estimate of drug-likeness (QED) is 0.781. The van der Waals surface area contributed by atoms with Crippen LogP contribution in [-0.4, -0.2) is 87.6 Å². The van der Waals surface area contributed by atoms with Crippen molar-refractivity contribution in [3.05, 3.63) is 12.4 Å². The summed E-state index contributed by atoms with van der Waals surface area (Å²) in [6.07, 6.45) is 3.07. The van der Waals surface area contributed by atoms with Gasteiger partial charge in [0.1, 0.15) is 18.0 Å². The first-order valence-corrected chi connectivity index (χ1v) is 8.26. The van der Waals surface area contributed by atoms with Crippen molar-refractivity contribution >= 4 is 11.6 Å². The minimum Gasteiger partial charge on any atom is -0.380 e. The molecule has 2 fully saturated rings. The van der Waals surface area contributed by atoms with Gasteiger partial charge in [-0.3, -0.25) is 4.90 Å². The zero-order chi connectivity index (χ0) is 16.2. The Morgan fingerprint density at radius 3 is 2.83 bits per heavy atom. The summed E-state index contributed by atoms with van der Waals surface area (Å²) in [5.41, 5.74) is 0. The summed E-state index contributed by atoms with van der Waals surface area (Å²) in [6.45, 7) is 5.25. The highest BCUT2D eigenvalue weighted by Crippen LogP contribution is 2.22. The molecular formula is C16H27N5O2. The summed E-state index contributed by atoms with van der Waals surface area (Å²) < 4.78 is 10.9. The van der Waals surface area contributed by atoms with Crippen LogP contribution in [0.3, 0.4) is 0 Å². The Labute approximate surface area is 138 Å². The van der Waals surface area contributed by atoms with Crippen LogP contribution in [0.2, 0.25) is 0 Å². The highest BCUT2D eigenvalue weighted by atomic mass is 16.5. The monoisotopic (exact) mass is 321 g/mol. The predicted octanol–water partition coefficient (Wildman–Crippen LogP) is 0.469. The Bertz CT molecular complexity index is 509. The fourth-order valence-electron chi connectivity index (χ4n) is 3.33. The molecule has 2 atom stereocenters. The van der Waals surface area contributed by atoms with E-state index in [1.165, 1.54) is 0 Å². The van der Waals surface area contributed by atoms with Crippen molar-refractivity contribution < 1.29 is 9.47 Å². The van der Waals surface area contributed by atoms with Crippen LogP contribution in [0.15, 0.2) is 12.4 Å². The number of rotatable bonds is 5. The second-order valence-corrected chi connectivity index (χ2v) is 6.40. The minimum atomic E-state index is 0.340. The van der Waals surface area contributed by atoms with E-state index in [1.54, 1.807) is 13.4 Å². The molecule has 2 aliphatic rings. The Morgan fingerprint density at radius 2 is 2.13 bits per heavy atom. The lowest BCUT2D eigenvalue weighted by atomic mass is 10.2. The second kappa shape index (κ2) is 7.42. The summed E-state index contributed by atoms with van der Waals surface area (Å²) in [6, 6.07) is 2.57. The molecule has 0 saturated carbocycles. The van der Waals surface area contributed by atoms with Crippen molar-refractivity contribution in [2.24, 2.45) is 0 Å². The van der Waals surface area contributed by atoms with Gasteiger partial charge < -0.3 is 19.3 Å². The molecule has 7 heteroatoms. The standard InChI is InChI=1S/C16H27N5O2/c1-19-11-14(22-3)8-13(19)10-20(2)15-9-16(18-12-17-15)21-4-6-23-7-5-21/h9,12-14H,4-8,10-11H2,1-3H3/t13-,14-/m0/s1. The number of nitrogens with zero attached hydrogens (tertiary/aromatic N) is 5. The van der Waals surface area contributed by atoms with Crippen LogP contribution in [0.4, 0.5) is 11.6 Å². The van der Waals surface area contributed by atoms with E-state index in [0.29, 0.717) is 12.1 Å². The maximum absolute atomic E-state index is 5.49. The molecule has 128 valence electrons. The number of morpholine rings is 1. The summed E-state index contributed by atoms with van der Waals surface area (Å²) in [4.78, 5) is 15.7. The van der Waals surface area contributed by atoms with Crippen molar-refractivity contribution in [3.8, 4) is 0 Å². The molecule has 2 saturated heterocycles. The van der Waals surface area contributed by atoms with Gasteiger partial charge >= 0.3 is 0 Å². The number of methoxy groups -OCH3 is 1. The smallest absolute Gasteiger partial charge is 0.134 e. The topological polar surface area (TPSA) is 54.0 Å². The van der Waals surface area contributed by atoms with Gasteiger partial charge in [-0.1, -0.05) is 0 Å². The third kappa shape index (κ3) is 3.91. The molecule has 3 heterocycles. The first kappa shape index (κ1) is 16.4. The Kier molecular flexibility index (Phi) is 5.30. The number of hydrogen-bond acceptors (Lipinski definition) is 7. The minimum absolute atomic E-state index is 0.340. The third-order valence-corrected chi connectivity index (χ3v) is 4.83. The molecule has 7 nitrogen and oxygen atoms in total.